The SMILES string of the molecule is COC[C@H](C)Oc1cc(Oc2ccc3c(c2)OCN(C)C3=O)cc(C(N)=O)c1. The molecule has 148 valence electrons. The van der Waals surface area contributed by atoms with Gasteiger partial charge >= 0.3 is 0 Å². The van der Waals surface area contributed by atoms with Gasteiger partial charge in [-0.3, -0.25) is 9.59 Å². The molecule has 1 aliphatic rings. The van der Waals surface area contributed by atoms with Gasteiger partial charge in [0, 0.05) is 31.9 Å². The van der Waals surface area contributed by atoms with E-state index in [4.69, 9.17) is 24.7 Å². The van der Waals surface area contributed by atoms with Crippen LogP contribution in [0.5, 0.6) is 23.0 Å². The number of rotatable bonds is 7. The summed E-state index contributed by atoms with van der Waals surface area (Å²) in [5.74, 6) is 0.978. The highest BCUT2D eigenvalue weighted by Crippen LogP contribution is 2.33. The molecule has 28 heavy (non-hydrogen) atoms. The topological polar surface area (TPSA) is 100 Å². The number of benzene rings is 2. The number of ether oxygens (including phenoxy) is 4. The van der Waals surface area contributed by atoms with Crippen LogP contribution in [-0.2, 0) is 4.74 Å². The van der Waals surface area contributed by atoms with Crippen LogP contribution in [0.1, 0.15) is 27.6 Å². The summed E-state index contributed by atoms with van der Waals surface area (Å²) in [6.45, 7) is 2.40. The summed E-state index contributed by atoms with van der Waals surface area (Å²) in [4.78, 5) is 25.3. The maximum absolute atomic E-state index is 12.1. The van der Waals surface area contributed by atoms with Crippen LogP contribution >= 0.6 is 0 Å². The van der Waals surface area contributed by atoms with Crippen molar-refractivity contribution in [3.05, 3.63) is 47.5 Å². The first-order chi connectivity index (χ1) is 13.4. The van der Waals surface area contributed by atoms with Crippen molar-refractivity contribution in [1.29, 1.82) is 0 Å². The minimum absolute atomic E-state index is 0.119. The third-order valence-electron chi connectivity index (χ3n) is 4.08. The highest BCUT2D eigenvalue weighted by molar-refractivity contribution is 5.97. The van der Waals surface area contributed by atoms with E-state index in [1.54, 1.807) is 44.5 Å². The van der Waals surface area contributed by atoms with Crippen LogP contribution in [0, 0.1) is 0 Å². The number of nitrogens with zero attached hydrogens (tertiary/aromatic N) is 1. The lowest BCUT2D eigenvalue weighted by Gasteiger charge is -2.25. The van der Waals surface area contributed by atoms with E-state index in [1.165, 1.54) is 11.0 Å². The molecular weight excluding hydrogens is 364 g/mol. The van der Waals surface area contributed by atoms with E-state index in [-0.39, 0.29) is 24.3 Å². The van der Waals surface area contributed by atoms with Crippen LogP contribution in [0.2, 0.25) is 0 Å². The van der Waals surface area contributed by atoms with Crippen molar-refractivity contribution in [2.45, 2.75) is 13.0 Å². The third kappa shape index (κ3) is 4.34. The van der Waals surface area contributed by atoms with Crippen molar-refractivity contribution in [3.63, 3.8) is 0 Å². The molecule has 2 amide bonds. The average molecular weight is 386 g/mol. The van der Waals surface area contributed by atoms with Gasteiger partial charge in [-0.05, 0) is 31.2 Å². The number of hydrogen-bond donors (Lipinski definition) is 1. The van der Waals surface area contributed by atoms with Crippen molar-refractivity contribution in [2.75, 3.05) is 27.5 Å². The Hall–Kier alpha value is -3.26. The monoisotopic (exact) mass is 386 g/mol. The Morgan fingerprint density at radius 2 is 1.96 bits per heavy atom. The normalized spacial score (nSPS) is 14.1. The van der Waals surface area contributed by atoms with Gasteiger partial charge in [0.1, 0.15) is 29.1 Å². The molecule has 0 fully saturated rings. The van der Waals surface area contributed by atoms with Crippen molar-refractivity contribution in [1.82, 2.24) is 4.90 Å². The summed E-state index contributed by atoms with van der Waals surface area (Å²) < 4.78 is 22.2. The maximum atomic E-state index is 12.1. The molecule has 0 saturated carbocycles. The van der Waals surface area contributed by atoms with E-state index < -0.39 is 5.91 Å². The second-order valence-electron chi connectivity index (χ2n) is 6.48. The summed E-state index contributed by atoms with van der Waals surface area (Å²) in [5.41, 5.74) is 6.13. The Kier molecular flexibility index (Phi) is 5.70. The van der Waals surface area contributed by atoms with Crippen molar-refractivity contribution in [3.8, 4) is 23.0 Å². The second-order valence-corrected chi connectivity index (χ2v) is 6.48. The predicted molar refractivity (Wildman–Crippen MR) is 101 cm³/mol. The van der Waals surface area contributed by atoms with Crippen LogP contribution in [0.15, 0.2) is 36.4 Å². The zero-order valence-electron chi connectivity index (χ0n) is 15.9. The molecule has 1 atom stereocenters. The minimum Gasteiger partial charge on any atom is -0.488 e. The zero-order chi connectivity index (χ0) is 20.3. The van der Waals surface area contributed by atoms with Gasteiger partial charge in [-0.15, -0.1) is 0 Å². The fourth-order valence-corrected chi connectivity index (χ4v) is 2.77. The Bertz CT molecular complexity index is 898. The summed E-state index contributed by atoms with van der Waals surface area (Å²) in [5, 5.41) is 0. The van der Waals surface area contributed by atoms with E-state index in [0.29, 0.717) is 35.2 Å². The molecule has 3 rings (SSSR count). The number of primary amides is 1. The second kappa shape index (κ2) is 8.18. The van der Waals surface area contributed by atoms with Crippen molar-refractivity contribution >= 4 is 11.8 Å². The van der Waals surface area contributed by atoms with Gasteiger partial charge in [-0.2, -0.15) is 0 Å². The molecular formula is C20H22N2O6. The lowest BCUT2D eigenvalue weighted by molar-refractivity contribution is 0.0595. The summed E-state index contributed by atoms with van der Waals surface area (Å²) in [6.07, 6.45) is -0.221. The molecule has 1 heterocycles. The predicted octanol–water partition coefficient (Wildman–Crippen LogP) is 2.41. The molecule has 8 nitrogen and oxygen atoms in total. The number of amides is 2. The summed E-state index contributed by atoms with van der Waals surface area (Å²) in [6, 6.07) is 9.65. The number of carbonyl (C=O) groups excluding carboxylic acids is 2. The van der Waals surface area contributed by atoms with Crippen LogP contribution in [0.25, 0.3) is 0 Å². The molecule has 0 aromatic heterocycles. The zero-order valence-corrected chi connectivity index (χ0v) is 15.9. The average Bonchev–Trinajstić information content (AvgIpc) is 2.65. The highest BCUT2D eigenvalue weighted by atomic mass is 16.5. The molecule has 0 radical (unpaired) electrons. The molecule has 0 saturated heterocycles. The van der Waals surface area contributed by atoms with Gasteiger partial charge < -0.3 is 29.6 Å². The third-order valence-corrected chi connectivity index (χ3v) is 4.08. The van der Waals surface area contributed by atoms with Gasteiger partial charge in [0.15, 0.2) is 6.73 Å². The van der Waals surface area contributed by atoms with E-state index in [0.717, 1.165) is 0 Å². The number of hydrogen-bond acceptors (Lipinski definition) is 6. The molecule has 2 N–H and O–H groups in total. The standard InChI is InChI=1S/C20H22N2O6/c1-12(10-25-3)27-15-6-13(19(21)23)7-16(8-15)28-14-4-5-17-18(9-14)26-11-22(2)20(17)24/h4-9,12H,10-11H2,1-3H3,(H2,21,23)/t12-/m0/s1. The van der Waals surface area contributed by atoms with Crippen LogP contribution in [0.4, 0.5) is 0 Å². The van der Waals surface area contributed by atoms with Crippen molar-refractivity contribution < 1.29 is 28.5 Å². The molecule has 0 aliphatic carbocycles. The highest BCUT2D eigenvalue weighted by Gasteiger charge is 2.23. The fraction of sp³-hybridized carbons (Fsp3) is 0.300. The fourth-order valence-electron chi connectivity index (χ4n) is 2.77. The first kappa shape index (κ1) is 19.5. The minimum atomic E-state index is -0.600. The Morgan fingerprint density at radius 1 is 1.21 bits per heavy atom. The summed E-state index contributed by atoms with van der Waals surface area (Å²) in [7, 11) is 3.24. The molecule has 1 aliphatic heterocycles. The Morgan fingerprint density at radius 3 is 2.68 bits per heavy atom. The van der Waals surface area contributed by atoms with E-state index in [2.05, 4.69) is 0 Å². The van der Waals surface area contributed by atoms with E-state index in [9.17, 15) is 9.59 Å². The Balaban J connectivity index is 1.86. The summed E-state index contributed by atoms with van der Waals surface area (Å²) >= 11 is 0. The van der Waals surface area contributed by atoms with Gasteiger partial charge in [0.2, 0.25) is 5.91 Å². The van der Waals surface area contributed by atoms with Gasteiger partial charge in [0.05, 0.1) is 12.2 Å². The molecule has 8 heteroatoms. The lowest BCUT2D eigenvalue weighted by Crippen LogP contribution is -2.35. The number of nitrogens with two attached hydrogens (primary N) is 1. The molecule has 2 aromatic carbocycles. The molecule has 0 bridgehead atoms. The van der Waals surface area contributed by atoms with E-state index >= 15 is 0 Å². The number of carbonyl (C=O) groups is 2. The van der Waals surface area contributed by atoms with Gasteiger partial charge in [0.25, 0.3) is 5.91 Å². The number of methoxy groups -OCH3 is 1. The molecule has 0 unspecified atom stereocenters. The lowest BCUT2D eigenvalue weighted by atomic mass is 10.1. The largest absolute Gasteiger partial charge is 0.488 e. The van der Waals surface area contributed by atoms with E-state index in [1.807, 2.05) is 6.92 Å². The smallest absolute Gasteiger partial charge is 0.259 e. The van der Waals surface area contributed by atoms with Gasteiger partial charge in [-0.25, -0.2) is 0 Å². The first-order valence-corrected chi connectivity index (χ1v) is 8.68. The molecule has 2 aromatic rings. The first-order valence-electron chi connectivity index (χ1n) is 8.68. The molecule has 0 spiro atoms. The van der Waals surface area contributed by atoms with Gasteiger partial charge in [-0.1, -0.05) is 0 Å². The van der Waals surface area contributed by atoms with Crippen LogP contribution in [0.3, 0.4) is 0 Å². The van der Waals surface area contributed by atoms with Crippen LogP contribution < -0.4 is 19.9 Å². The number of fused-ring (bicyclic) bond motifs is 1. The maximum Gasteiger partial charge on any atom is 0.259 e. The van der Waals surface area contributed by atoms with Crippen molar-refractivity contribution in [2.24, 2.45) is 5.73 Å². The Labute approximate surface area is 162 Å². The quantitative estimate of drug-likeness (QED) is 0.784. The van der Waals surface area contributed by atoms with Crippen LogP contribution in [-0.4, -0.2) is 50.3 Å².